The van der Waals surface area contributed by atoms with Gasteiger partial charge in [-0.3, -0.25) is 9.59 Å². The summed E-state index contributed by atoms with van der Waals surface area (Å²) in [7, 11) is 0. The number of ether oxygens (including phenoxy) is 1. The van der Waals surface area contributed by atoms with Crippen molar-refractivity contribution in [3.63, 3.8) is 0 Å². The molecular formula is C16H21NO3. The molecule has 4 heteroatoms. The van der Waals surface area contributed by atoms with Crippen LogP contribution in [0.15, 0.2) is 24.3 Å². The molecule has 1 fully saturated rings. The van der Waals surface area contributed by atoms with E-state index in [0.29, 0.717) is 11.3 Å². The number of benzene rings is 1. The fourth-order valence-electron chi connectivity index (χ4n) is 2.81. The Morgan fingerprint density at radius 2 is 2.05 bits per heavy atom. The highest BCUT2D eigenvalue weighted by molar-refractivity contribution is 5.79. The summed E-state index contributed by atoms with van der Waals surface area (Å²) in [6, 6.07) is 7.39. The third-order valence-corrected chi connectivity index (χ3v) is 3.84. The fourth-order valence-corrected chi connectivity index (χ4v) is 2.81. The highest BCUT2D eigenvalue weighted by Gasteiger charge is 2.28. The minimum Gasteiger partial charge on any atom is -0.484 e. The molecule has 1 aromatic carbocycles. The fraction of sp³-hybridized carbons (Fsp3) is 0.500. The van der Waals surface area contributed by atoms with Gasteiger partial charge in [-0.25, -0.2) is 0 Å². The number of rotatable bonds is 4. The zero-order chi connectivity index (χ0) is 14.5. The molecule has 0 N–H and O–H groups in total. The lowest BCUT2D eigenvalue weighted by Gasteiger charge is -2.38. The molecule has 1 aliphatic rings. The number of hydrogen-bond acceptors (Lipinski definition) is 3. The maximum absolute atomic E-state index is 12.3. The number of piperidine rings is 1. The van der Waals surface area contributed by atoms with Gasteiger partial charge in [0.2, 0.25) is 0 Å². The summed E-state index contributed by atoms with van der Waals surface area (Å²) >= 11 is 0. The summed E-state index contributed by atoms with van der Waals surface area (Å²) in [4.78, 5) is 24.9. The molecule has 0 aliphatic carbocycles. The number of aldehydes is 1. The van der Waals surface area contributed by atoms with Gasteiger partial charge in [-0.15, -0.1) is 0 Å². The quantitative estimate of drug-likeness (QED) is 0.794. The third-order valence-electron chi connectivity index (χ3n) is 3.84. The molecule has 20 heavy (non-hydrogen) atoms. The Labute approximate surface area is 119 Å². The highest BCUT2D eigenvalue weighted by atomic mass is 16.5. The van der Waals surface area contributed by atoms with Crippen LogP contribution in [-0.2, 0) is 4.79 Å². The van der Waals surface area contributed by atoms with E-state index in [1.54, 1.807) is 24.3 Å². The first-order valence-electron chi connectivity index (χ1n) is 7.11. The molecule has 1 aliphatic heterocycles. The van der Waals surface area contributed by atoms with Gasteiger partial charge in [-0.05, 0) is 45.2 Å². The molecule has 2 unspecified atom stereocenters. The summed E-state index contributed by atoms with van der Waals surface area (Å²) < 4.78 is 5.51. The second-order valence-corrected chi connectivity index (χ2v) is 5.41. The Morgan fingerprint density at radius 1 is 1.35 bits per heavy atom. The molecule has 1 aromatic rings. The van der Waals surface area contributed by atoms with Crippen molar-refractivity contribution in [3.05, 3.63) is 29.8 Å². The smallest absolute Gasteiger partial charge is 0.260 e. The lowest BCUT2D eigenvalue weighted by Crippen LogP contribution is -2.49. The van der Waals surface area contributed by atoms with E-state index in [1.807, 2.05) is 4.90 Å². The van der Waals surface area contributed by atoms with E-state index >= 15 is 0 Å². The third kappa shape index (κ3) is 3.38. The SMILES string of the molecule is CC1CCCC(C)N1C(=O)COc1cccc(C=O)c1. The maximum Gasteiger partial charge on any atom is 0.260 e. The second kappa shape index (κ2) is 6.55. The molecule has 2 atom stereocenters. The van der Waals surface area contributed by atoms with E-state index in [1.165, 1.54) is 6.42 Å². The lowest BCUT2D eigenvalue weighted by atomic mass is 9.97. The van der Waals surface area contributed by atoms with Crippen molar-refractivity contribution in [2.24, 2.45) is 0 Å². The number of hydrogen-bond donors (Lipinski definition) is 0. The number of nitrogens with zero attached hydrogens (tertiary/aromatic N) is 1. The van der Waals surface area contributed by atoms with Crippen LogP contribution in [0.5, 0.6) is 5.75 Å². The van der Waals surface area contributed by atoms with E-state index in [-0.39, 0.29) is 24.6 Å². The molecule has 0 aromatic heterocycles. The molecule has 0 saturated carbocycles. The van der Waals surface area contributed by atoms with Crippen molar-refractivity contribution < 1.29 is 14.3 Å². The van der Waals surface area contributed by atoms with Gasteiger partial charge in [0, 0.05) is 17.6 Å². The molecule has 0 spiro atoms. The van der Waals surface area contributed by atoms with Gasteiger partial charge in [0.25, 0.3) is 5.91 Å². The first-order valence-corrected chi connectivity index (χ1v) is 7.11. The van der Waals surface area contributed by atoms with Gasteiger partial charge in [-0.1, -0.05) is 12.1 Å². The van der Waals surface area contributed by atoms with Crippen LogP contribution in [0.1, 0.15) is 43.5 Å². The molecular weight excluding hydrogens is 254 g/mol. The topological polar surface area (TPSA) is 46.6 Å². The van der Waals surface area contributed by atoms with Crippen molar-refractivity contribution in [1.29, 1.82) is 0 Å². The lowest BCUT2D eigenvalue weighted by molar-refractivity contribution is -0.139. The maximum atomic E-state index is 12.3. The summed E-state index contributed by atoms with van der Waals surface area (Å²) in [6.07, 6.45) is 4.05. The van der Waals surface area contributed by atoms with Crippen LogP contribution in [0, 0.1) is 0 Å². The Hall–Kier alpha value is -1.84. The molecule has 0 bridgehead atoms. The first kappa shape index (κ1) is 14.6. The van der Waals surface area contributed by atoms with Crippen molar-refractivity contribution in [3.8, 4) is 5.75 Å². The van der Waals surface area contributed by atoms with E-state index in [0.717, 1.165) is 19.1 Å². The summed E-state index contributed by atoms with van der Waals surface area (Å²) in [5, 5.41) is 0. The monoisotopic (exact) mass is 275 g/mol. The van der Waals surface area contributed by atoms with Gasteiger partial charge in [0.15, 0.2) is 6.61 Å². The van der Waals surface area contributed by atoms with Crippen LogP contribution >= 0.6 is 0 Å². The summed E-state index contributed by atoms with van der Waals surface area (Å²) in [5.74, 6) is 0.571. The van der Waals surface area contributed by atoms with Crippen molar-refractivity contribution >= 4 is 12.2 Å². The molecule has 0 radical (unpaired) electrons. The van der Waals surface area contributed by atoms with Gasteiger partial charge < -0.3 is 9.64 Å². The van der Waals surface area contributed by atoms with Crippen LogP contribution in [0.4, 0.5) is 0 Å². The van der Waals surface area contributed by atoms with E-state index in [4.69, 9.17) is 4.74 Å². The van der Waals surface area contributed by atoms with E-state index in [2.05, 4.69) is 13.8 Å². The number of carbonyl (C=O) groups excluding carboxylic acids is 2. The molecule has 108 valence electrons. The van der Waals surface area contributed by atoms with E-state index < -0.39 is 0 Å². The minimum absolute atomic E-state index is 0.0150. The van der Waals surface area contributed by atoms with Gasteiger partial charge >= 0.3 is 0 Å². The van der Waals surface area contributed by atoms with Gasteiger partial charge in [0.1, 0.15) is 12.0 Å². The Morgan fingerprint density at radius 3 is 2.70 bits per heavy atom. The zero-order valence-electron chi connectivity index (χ0n) is 12.0. The second-order valence-electron chi connectivity index (χ2n) is 5.41. The minimum atomic E-state index is 0.0150. The van der Waals surface area contributed by atoms with Crippen LogP contribution in [-0.4, -0.2) is 35.8 Å². The number of amides is 1. The Balaban J connectivity index is 1.95. The number of carbonyl (C=O) groups is 2. The number of likely N-dealkylation sites (tertiary alicyclic amines) is 1. The molecule has 1 amide bonds. The average molecular weight is 275 g/mol. The normalized spacial score (nSPS) is 22.4. The standard InChI is InChI=1S/C16H21NO3/c1-12-5-3-6-13(2)17(12)16(19)11-20-15-8-4-7-14(9-15)10-18/h4,7-10,12-13H,3,5-6,11H2,1-2H3. The molecule has 2 rings (SSSR count). The summed E-state index contributed by atoms with van der Waals surface area (Å²) in [5.41, 5.74) is 0.551. The highest BCUT2D eigenvalue weighted by Crippen LogP contribution is 2.22. The summed E-state index contributed by atoms with van der Waals surface area (Å²) in [6.45, 7) is 4.19. The van der Waals surface area contributed by atoms with E-state index in [9.17, 15) is 9.59 Å². The predicted octanol–water partition coefficient (Wildman–Crippen LogP) is 2.67. The van der Waals surface area contributed by atoms with Crippen LogP contribution in [0.3, 0.4) is 0 Å². The largest absolute Gasteiger partial charge is 0.484 e. The van der Waals surface area contributed by atoms with Gasteiger partial charge in [0.05, 0.1) is 0 Å². The van der Waals surface area contributed by atoms with Crippen LogP contribution < -0.4 is 4.74 Å². The zero-order valence-corrected chi connectivity index (χ0v) is 12.0. The van der Waals surface area contributed by atoms with Crippen LogP contribution in [0.2, 0.25) is 0 Å². The molecule has 1 heterocycles. The molecule has 4 nitrogen and oxygen atoms in total. The molecule has 1 saturated heterocycles. The Kier molecular flexibility index (Phi) is 4.77. The average Bonchev–Trinajstić information content (AvgIpc) is 2.45. The predicted molar refractivity (Wildman–Crippen MR) is 76.9 cm³/mol. The van der Waals surface area contributed by atoms with Crippen molar-refractivity contribution in [1.82, 2.24) is 4.90 Å². The van der Waals surface area contributed by atoms with Crippen molar-refractivity contribution in [2.75, 3.05) is 6.61 Å². The Bertz CT molecular complexity index is 476. The first-order chi connectivity index (χ1) is 9.61. The van der Waals surface area contributed by atoms with Crippen LogP contribution in [0.25, 0.3) is 0 Å². The van der Waals surface area contributed by atoms with Crippen molar-refractivity contribution in [2.45, 2.75) is 45.2 Å². The van der Waals surface area contributed by atoms with Gasteiger partial charge in [-0.2, -0.15) is 0 Å².